The molecule has 2 aromatic rings. The number of carbonyl (C=O) groups excluding carboxylic acids is 3. The minimum Gasteiger partial charge on any atom is -0.448 e. The summed E-state index contributed by atoms with van der Waals surface area (Å²) in [5.41, 5.74) is 6.89. The molecule has 1 fully saturated rings. The van der Waals surface area contributed by atoms with Crippen LogP contribution in [0.2, 0.25) is 0 Å². The van der Waals surface area contributed by atoms with Crippen molar-refractivity contribution in [1.82, 2.24) is 4.90 Å². The molecule has 4 rings (SSSR count). The average Bonchev–Trinajstić information content (AvgIpc) is 2.84. The SMILES string of the molecule is CC(=O)OC(N)C1=C(C(=O)OC(c2ccccc2)c2ccccc2)N2C(=O)[C@@H](OC(F)(F)F)[C@H]2SC1. The molecule has 12 heteroatoms. The summed E-state index contributed by atoms with van der Waals surface area (Å²) in [5, 5.41) is -1.14. The largest absolute Gasteiger partial charge is 0.523 e. The van der Waals surface area contributed by atoms with Crippen LogP contribution in [0.3, 0.4) is 0 Å². The third kappa shape index (κ3) is 5.40. The molecule has 36 heavy (non-hydrogen) atoms. The standard InChI is InChI=1S/C24H21F3N2O6S/c1-13(30)33-20(28)16-12-36-22-19(35-24(25,26)27)21(31)29(22)17(16)23(32)34-18(14-8-4-2-5-9-14)15-10-6-3-7-11-15/h2-11,18-20,22H,12,28H2,1H3/t19-,20?,22-/m1/s1. The highest BCUT2D eigenvalue weighted by atomic mass is 32.2. The van der Waals surface area contributed by atoms with Gasteiger partial charge in [-0.15, -0.1) is 24.9 Å². The van der Waals surface area contributed by atoms with Gasteiger partial charge in [0.2, 0.25) is 0 Å². The van der Waals surface area contributed by atoms with Gasteiger partial charge in [0, 0.05) is 18.2 Å². The van der Waals surface area contributed by atoms with Crippen LogP contribution in [0.1, 0.15) is 24.2 Å². The number of esters is 2. The van der Waals surface area contributed by atoms with Crippen LogP contribution < -0.4 is 5.73 Å². The molecule has 0 radical (unpaired) electrons. The molecule has 2 heterocycles. The maximum Gasteiger partial charge on any atom is 0.523 e. The summed E-state index contributed by atoms with van der Waals surface area (Å²) in [7, 11) is 0. The van der Waals surface area contributed by atoms with Crippen LogP contribution in [0.5, 0.6) is 0 Å². The summed E-state index contributed by atoms with van der Waals surface area (Å²) in [4.78, 5) is 38.6. The molecule has 2 aromatic carbocycles. The van der Waals surface area contributed by atoms with Crippen LogP contribution in [0.15, 0.2) is 71.9 Å². The molecule has 3 atom stereocenters. The minimum absolute atomic E-state index is 0.0372. The maximum absolute atomic E-state index is 13.5. The summed E-state index contributed by atoms with van der Waals surface area (Å²) in [6.45, 7) is 1.11. The van der Waals surface area contributed by atoms with E-state index in [0.29, 0.717) is 11.1 Å². The Balaban J connectivity index is 1.70. The van der Waals surface area contributed by atoms with Gasteiger partial charge in [-0.3, -0.25) is 25.0 Å². The van der Waals surface area contributed by atoms with Crippen molar-refractivity contribution in [3.63, 3.8) is 0 Å². The monoisotopic (exact) mass is 522 g/mol. The highest BCUT2D eigenvalue weighted by Crippen LogP contribution is 2.45. The van der Waals surface area contributed by atoms with E-state index in [4.69, 9.17) is 15.2 Å². The molecule has 190 valence electrons. The lowest BCUT2D eigenvalue weighted by molar-refractivity contribution is -0.347. The Labute approximate surface area is 208 Å². The predicted molar refractivity (Wildman–Crippen MR) is 122 cm³/mol. The first-order chi connectivity index (χ1) is 17.1. The number of rotatable bonds is 7. The average molecular weight is 523 g/mol. The molecule has 2 aliphatic rings. The van der Waals surface area contributed by atoms with Crippen molar-refractivity contribution in [3.05, 3.63) is 83.1 Å². The van der Waals surface area contributed by atoms with Crippen molar-refractivity contribution >= 4 is 29.6 Å². The number of nitrogens with zero attached hydrogens (tertiary/aromatic N) is 1. The van der Waals surface area contributed by atoms with Gasteiger partial charge in [0.15, 0.2) is 18.4 Å². The molecule has 0 saturated carbocycles. The molecule has 0 aliphatic carbocycles. The number of thioether (sulfide) groups is 1. The lowest BCUT2D eigenvalue weighted by Crippen LogP contribution is -2.67. The fourth-order valence-electron chi connectivity index (χ4n) is 3.93. The summed E-state index contributed by atoms with van der Waals surface area (Å²) < 4.78 is 53.3. The first kappa shape index (κ1) is 25.7. The molecule has 1 unspecified atom stereocenters. The molecule has 0 spiro atoms. The second-order valence-corrected chi connectivity index (χ2v) is 9.01. The van der Waals surface area contributed by atoms with Crippen molar-refractivity contribution in [2.75, 3.05) is 5.75 Å². The Morgan fingerprint density at radius 2 is 1.58 bits per heavy atom. The van der Waals surface area contributed by atoms with E-state index in [1.165, 1.54) is 0 Å². The molecule has 1 amide bonds. The van der Waals surface area contributed by atoms with Gasteiger partial charge in [0.1, 0.15) is 11.1 Å². The molecule has 2 N–H and O–H groups in total. The van der Waals surface area contributed by atoms with Crippen LogP contribution >= 0.6 is 11.8 Å². The van der Waals surface area contributed by atoms with Crippen LogP contribution in [-0.2, 0) is 28.6 Å². The molecule has 1 saturated heterocycles. The number of fused-ring (bicyclic) bond motifs is 1. The number of hydrogen-bond donors (Lipinski definition) is 1. The van der Waals surface area contributed by atoms with Gasteiger partial charge >= 0.3 is 18.3 Å². The van der Waals surface area contributed by atoms with Crippen molar-refractivity contribution < 1.29 is 41.8 Å². The summed E-state index contributed by atoms with van der Waals surface area (Å²) in [6.07, 6.45) is -9.19. The molecular formula is C24H21F3N2O6S. The van der Waals surface area contributed by atoms with Gasteiger partial charge in [0.05, 0.1) is 0 Å². The van der Waals surface area contributed by atoms with E-state index in [0.717, 1.165) is 23.6 Å². The van der Waals surface area contributed by atoms with E-state index in [1.54, 1.807) is 60.7 Å². The smallest absolute Gasteiger partial charge is 0.448 e. The fraction of sp³-hybridized carbons (Fsp3) is 0.292. The van der Waals surface area contributed by atoms with Crippen LogP contribution in [-0.4, -0.2) is 52.6 Å². The third-order valence-corrected chi connectivity index (χ3v) is 6.75. The van der Waals surface area contributed by atoms with Crippen LogP contribution in [0.25, 0.3) is 0 Å². The minimum atomic E-state index is -5.04. The van der Waals surface area contributed by atoms with E-state index in [1.807, 2.05) is 0 Å². The van der Waals surface area contributed by atoms with Crippen molar-refractivity contribution in [2.45, 2.75) is 37.1 Å². The molecule has 8 nitrogen and oxygen atoms in total. The Morgan fingerprint density at radius 1 is 1.03 bits per heavy atom. The lowest BCUT2D eigenvalue weighted by Gasteiger charge is -2.49. The molecule has 0 aromatic heterocycles. The van der Waals surface area contributed by atoms with Gasteiger partial charge in [-0.1, -0.05) is 60.7 Å². The topological polar surface area (TPSA) is 108 Å². The number of carbonyl (C=O) groups is 3. The fourth-order valence-corrected chi connectivity index (χ4v) is 5.29. The maximum atomic E-state index is 13.5. The number of β-lactam (4-membered cyclic amide) rings is 1. The van der Waals surface area contributed by atoms with Gasteiger partial charge in [-0.05, 0) is 11.1 Å². The number of benzene rings is 2. The summed E-state index contributed by atoms with van der Waals surface area (Å²) in [5.74, 6) is -2.92. The van der Waals surface area contributed by atoms with Gasteiger partial charge in [-0.2, -0.15) is 0 Å². The molecular weight excluding hydrogens is 501 g/mol. The second kappa shape index (κ2) is 10.3. The van der Waals surface area contributed by atoms with Crippen LogP contribution in [0, 0.1) is 0 Å². The summed E-state index contributed by atoms with van der Waals surface area (Å²) in [6, 6.07) is 17.6. The van der Waals surface area contributed by atoms with E-state index in [2.05, 4.69) is 4.74 Å². The quantitative estimate of drug-likeness (QED) is 0.336. The molecule has 2 aliphatic heterocycles. The zero-order valence-electron chi connectivity index (χ0n) is 18.8. The van der Waals surface area contributed by atoms with E-state index < -0.39 is 48.0 Å². The first-order valence-corrected chi connectivity index (χ1v) is 11.8. The van der Waals surface area contributed by atoms with Gasteiger partial charge in [-0.25, -0.2) is 4.79 Å². The zero-order chi connectivity index (χ0) is 26.0. The van der Waals surface area contributed by atoms with Crippen molar-refractivity contribution in [3.8, 4) is 0 Å². The first-order valence-electron chi connectivity index (χ1n) is 10.7. The second-order valence-electron chi connectivity index (χ2n) is 7.90. The van der Waals surface area contributed by atoms with E-state index in [-0.39, 0.29) is 17.0 Å². The number of amides is 1. The number of alkyl halides is 3. The molecule has 0 bridgehead atoms. The van der Waals surface area contributed by atoms with Crippen molar-refractivity contribution in [2.24, 2.45) is 5.73 Å². The van der Waals surface area contributed by atoms with Crippen molar-refractivity contribution in [1.29, 1.82) is 0 Å². The van der Waals surface area contributed by atoms with Crippen LogP contribution in [0.4, 0.5) is 13.2 Å². The lowest BCUT2D eigenvalue weighted by atomic mass is 10.0. The number of hydrogen-bond acceptors (Lipinski definition) is 8. The van der Waals surface area contributed by atoms with Gasteiger partial charge in [0.25, 0.3) is 5.91 Å². The normalized spacial score (nSPS) is 20.5. The Kier molecular flexibility index (Phi) is 7.38. The highest BCUT2D eigenvalue weighted by Gasteiger charge is 2.58. The number of nitrogens with two attached hydrogens (primary N) is 1. The van der Waals surface area contributed by atoms with E-state index >= 15 is 0 Å². The van der Waals surface area contributed by atoms with E-state index in [9.17, 15) is 27.6 Å². The highest BCUT2D eigenvalue weighted by molar-refractivity contribution is 8.00. The number of ether oxygens (including phenoxy) is 3. The Bertz CT molecular complexity index is 1140. The summed E-state index contributed by atoms with van der Waals surface area (Å²) >= 11 is 0.905. The Hall–Kier alpha value is -3.35. The Morgan fingerprint density at radius 3 is 2.08 bits per heavy atom. The zero-order valence-corrected chi connectivity index (χ0v) is 19.6. The van der Waals surface area contributed by atoms with Gasteiger partial charge < -0.3 is 9.47 Å². The number of halogens is 3. The predicted octanol–water partition coefficient (Wildman–Crippen LogP) is 3.24. The third-order valence-electron chi connectivity index (χ3n) is 5.47.